The number of benzene rings is 2. The minimum absolute atomic E-state index is 0.0164. The zero-order valence-electron chi connectivity index (χ0n) is 14.0. The molecule has 9 nitrogen and oxygen atoms in total. The number of ether oxygens (including phenoxy) is 1. The molecule has 0 atom stereocenters. The summed E-state index contributed by atoms with van der Waals surface area (Å²) in [4.78, 5) is 33.2. The molecule has 1 amide bonds. The van der Waals surface area contributed by atoms with E-state index in [9.17, 15) is 25.0 Å². The van der Waals surface area contributed by atoms with Crippen molar-refractivity contribution in [3.63, 3.8) is 0 Å². The quantitative estimate of drug-likeness (QED) is 0.617. The molecule has 2 rings (SSSR count). The average Bonchev–Trinajstić information content (AvgIpc) is 2.57. The maximum Gasteiger partial charge on any atom is 0.279 e. The Hall–Kier alpha value is -3.20. The van der Waals surface area contributed by atoms with Gasteiger partial charge in [-0.15, -0.1) is 0 Å². The van der Waals surface area contributed by atoms with Crippen molar-refractivity contribution in [2.75, 3.05) is 12.4 Å². The van der Waals surface area contributed by atoms with Crippen molar-refractivity contribution in [1.82, 2.24) is 0 Å². The largest absolute Gasteiger partial charge is 0.495 e. The van der Waals surface area contributed by atoms with Crippen molar-refractivity contribution in [3.05, 3.63) is 66.2 Å². The fourth-order valence-electron chi connectivity index (χ4n) is 2.33. The number of hydrogen-bond donors (Lipinski definition) is 1. The van der Waals surface area contributed by atoms with E-state index in [2.05, 4.69) is 5.32 Å². The molecule has 0 saturated carbocycles. The summed E-state index contributed by atoms with van der Waals surface area (Å²) in [5.41, 5.74) is -0.268. The molecule has 0 radical (unpaired) electrons. The van der Waals surface area contributed by atoms with E-state index < -0.39 is 27.1 Å². The molecule has 0 saturated heterocycles. The lowest BCUT2D eigenvalue weighted by Gasteiger charge is -2.13. The molecule has 0 aliphatic rings. The van der Waals surface area contributed by atoms with E-state index in [-0.39, 0.29) is 22.6 Å². The van der Waals surface area contributed by atoms with Gasteiger partial charge in [-0.2, -0.15) is 0 Å². The first kappa shape index (κ1) is 19.1. The van der Waals surface area contributed by atoms with Crippen LogP contribution >= 0.6 is 11.6 Å². The molecule has 26 heavy (non-hydrogen) atoms. The molecule has 2 aromatic rings. The molecule has 0 aromatic heterocycles. The third-order valence-corrected chi connectivity index (χ3v) is 4.15. The fourth-order valence-corrected chi connectivity index (χ4v) is 2.49. The van der Waals surface area contributed by atoms with Crippen LogP contribution in [0.15, 0.2) is 24.3 Å². The highest BCUT2D eigenvalue weighted by Gasteiger charge is 2.25. The van der Waals surface area contributed by atoms with Gasteiger partial charge in [0.1, 0.15) is 5.75 Å². The Morgan fingerprint density at radius 1 is 1.12 bits per heavy atom. The number of halogens is 1. The van der Waals surface area contributed by atoms with Crippen molar-refractivity contribution < 1.29 is 19.4 Å². The predicted molar refractivity (Wildman–Crippen MR) is 95.2 cm³/mol. The molecule has 0 fully saturated rings. The molecule has 136 valence electrons. The smallest absolute Gasteiger partial charge is 0.279 e. The molecule has 0 bridgehead atoms. The number of nitro groups is 2. The maximum absolute atomic E-state index is 12.6. The second-order valence-corrected chi connectivity index (χ2v) is 5.81. The highest BCUT2D eigenvalue weighted by atomic mass is 35.5. The lowest BCUT2D eigenvalue weighted by Crippen LogP contribution is -2.15. The molecular formula is C16H14ClN3O6. The molecule has 0 spiro atoms. The highest BCUT2D eigenvalue weighted by Crippen LogP contribution is 2.33. The Balaban J connectivity index is 2.52. The Labute approximate surface area is 152 Å². The van der Waals surface area contributed by atoms with Crippen LogP contribution in [0, 0.1) is 34.1 Å². The number of rotatable bonds is 5. The number of methoxy groups -OCH3 is 1. The number of carbonyl (C=O) groups excluding carboxylic acids is 1. The van der Waals surface area contributed by atoms with Crippen LogP contribution in [0.5, 0.6) is 5.75 Å². The molecule has 10 heteroatoms. The van der Waals surface area contributed by atoms with Gasteiger partial charge in [0.2, 0.25) is 0 Å². The third kappa shape index (κ3) is 3.72. The topological polar surface area (TPSA) is 125 Å². The van der Waals surface area contributed by atoms with E-state index in [0.717, 1.165) is 12.1 Å². The summed E-state index contributed by atoms with van der Waals surface area (Å²) in [5.74, 6) is -0.458. The van der Waals surface area contributed by atoms with Crippen molar-refractivity contribution in [1.29, 1.82) is 0 Å². The van der Waals surface area contributed by atoms with Gasteiger partial charge < -0.3 is 10.1 Å². The van der Waals surface area contributed by atoms with Crippen molar-refractivity contribution in [2.45, 2.75) is 13.8 Å². The first-order valence-corrected chi connectivity index (χ1v) is 7.62. The summed E-state index contributed by atoms with van der Waals surface area (Å²) in [7, 11) is 1.39. The SMILES string of the molecule is COc1cc(Cl)c(C)cc1NC(=O)c1cc([N+](=O)[O-])cc([N+](=O)[O-])c1C. The van der Waals surface area contributed by atoms with Crippen LogP contribution in [0.25, 0.3) is 0 Å². The highest BCUT2D eigenvalue weighted by molar-refractivity contribution is 6.31. The normalized spacial score (nSPS) is 10.3. The standard InChI is InChI=1S/C16H14ClN3O6/c1-8-4-13(15(26-3)7-12(8)17)18-16(21)11-5-10(19(22)23)6-14(9(11)2)20(24)25/h4-7H,1-3H3,(H,18,21). The molecule has 2 aromatic carbocycles. The number of carbonyl (C=O) groups is 1. The van der Waals surface area contributed by atoms with E-state index in [1.54, 1.807) is 13.0 Å². The number of nitro benzene ring substituents is 2. The van der Waals surface area contributed by atoms with Gasteiger partial charge in [0.05, 0.1) is 34.3 Å². The van der Waals surface area contributed by atoms with Crippen LogP contribution in [-0.2, 0) is 0 Å². The Morgan fingerprint density at radius 3 is 2.31 bits per heavy atom. The fraction of sp³-hybridized carbons (Fsp3) is 0.188. The van der Waals surface area contributed by atoms with Crippen LogP contribution in [0.4, 0.5) is 17.1 Å². The number of hydrogen-bond acceptors (Lipinski definition) is 6. The van der Waals surface area contributed by atoms with E-state index in [1.165, 1.54) is 20.1 Å². The molecular weight excluding hydrogens is 366 g/mol. The van der Waals surface area contributed by atoms with Crippen molar-refractivity contribution in [3.8, 4) is 5.75 Å². The number of aryl methyl sites for hydroxylation is 1. The number of amides is 1. The van der Waals surface area contributed by atoms with Gasteiger partial charge in [0, 0.05) is 22.7 Å². The lowest BCUT2D eigenvalue weighted by atomic mass is 10.0. The van der Waals surface area contributed by atoms with Gasteiger partial charge >= 0.3 is 0 Å². The van der Waals surface area contributed by atoms with Crippen LogP contribution < -0.4 is 10.1 Å². The third-order valence-electron chi connectivity index (χ3n) is 3.75. The van der Waals surface area contributed by atoms with Gasteiger partial charge in [-0.3, -0.25) is 25.0 Å². The lowest BCUT2D eigenvalue weighted by molar-refractivity contribution is -0.394. The first-order chi connectivity index (χ1) is 12.1. The summed E-state index contributed by atoms with van der Waals surface area (Å²) >= 11 is 6.01. The summed E-state index contributed by atoms with van der Waals surface area (Å²) < 4.78 is 5.16. The molecule has 0 aliphatic carbocycles. The Kier molecular flexibility index (Phi) is 5.41. The maximum atomic E-state index is 12.6. The zero-order valence-corrected chi connectivity index (χ0v) is 14.8. The molecule has 0 unspecified atom stereocenters. The zero-order chi connectivity index (χ0) is 19.6. The van der Waals surface area contributed by atoms with Crippen LogP contribution in [-0.4, -0.2) is 22.9 Å². The number of non-ortho nitro benzene ring substituents is 1. The van der Waals surface area contributed by atoms with E-state index >= 15 is 0 Å². The van der Waals surface area contributed by atoms with Gasteiger partial charge in [0.25, 0.3) is 17.3 Å². The van der Waals surface area contributed by atoms with Gasteiger partial charge in [-0.1, -0.05) is 11.6 Å². The van der Waals surface area contributed by atoms with Gasteiger partial charge in [-0.25, -0.2) is 0 Å². The summed E-state index contributed by atoms with van der Waals surface area (Å²) in [6, 6.07) is 4.89. The molecule has 0 heterocycles. The number of anilines is 1. The van der Waals surface area contributed by atoms with E-state index in [4.69, 9.17) is 16.3 Å². The van der Waals surface area contributed by atoms with Crippen LogP contribution in [0.2, 0.25) is 5.02 Å². The monoisotopic (exact) mass is 379 g/mol. The summed E-state index contributed by atoms with van der Waals surface area (Å²) in [6.07, 6.45) is 0. The van der Waals surface area contributed by atoms with Crippen LogP contribution in [0.1, 0.15) is 21.5 Å². The summed E-state index contributed by atoms with van der Waals surface area (Å²) in [6.45, 7) is 3.07. The molecule has 0 aliphatic heterocycles. The minimum atomic E-state index is -0.795. The number of nitrogens with zero attached hydrogens (tertiary/aromatic N) is 2. The minimum Gasteiger partial charge on any atom is -0.495 e. The van der Waals surface area contributed by atoms with E-state index in [0.29, 0.717) is 10.6 Å². The second-order valence-electron chi connectivity index (χ2n) is 5.41. The summed E-state index contributed by atoms with van der Waals surface area (Å²) in [5, 5.41) is 25.1. The van der Waals surface area contributed by atoms with Crippen LogP contribution in [0.3, 0.4) is 0 Å². The predicted octanol–water partition coefficient (Wildman–Crippen LogP) is 4.03. The average molecular weight is 380 g/mol. The Morgan fingerprint density at radius 2 is 1.77 bits per heavy atom. The first-order valence-electron chi connectivity index (χ1n) is 7.24. The van der Waals surface area contributed by atoms with Gasteiger partial charge in [0.15, 0.2) is 0 Å². The molecule has 1 N–H and O–H groups in total. The van der Waals surface area contributed by atoms with E-state index in [1.807, 2.05) is 0 Å². The number of nitrogens with one attached hydrogen (secondary N) is 1. The van der Waals surface area contributed by atoms with Crippen molar-refractivity contribution >= 4 is 34.6 Å². The van der Waals surface area contributed by atoms with Crippen molar-refractivity contribution in [2.24, 2.45) is 0 Å². The van der Waals surface area contributed by atoms with Gasteiger partial charge in [-0.05, 0) is 25.5 Å². The second kappa shape index (κ2) is 7.36. The Bertz CT molecular complexity index is 929.